The van der Waals surface area contributed by atoms with E-state index >= 15 is 0 Å². The van der Waals surface area contributed by atoms with Gasteiger partial charge in [-0.05, 0) is 30.7 Å². The second-order valence-electron chi connectivity index (χ2n) is 6.13. The van der Waals surface area contributed by atoms with Crippen molar-refractivity contribution in [3.8, 4) is 0 Å². The normalized spacial score (nSPS) is 24.2. The lowest BCUT2D eigenvalue weighted by atomic mass is 9.77. The van der Waals surface area contributed by atoms with Crippen LogP contribution in [-0.2, 0) is 6.42 Å². The molecule has 2 rings (SSSR count). The van der Waals surface area contributed by atoms with Crippen molar-refractivity contribution in [2.45, 2.75) is 53.0 Å². The first-order valence-electron chi connectivity index (χ1n) is 6.55. The highest BCUT2D eigenvalue weighted by atomic mass is 16.5. The molecule has 1 unspecified atom stereocenters. The van der Waals surface area contributed by atoms with Gasteiger partial charge in [-0.15, -0.1) is 0 Å². The molecule has 0 aliphatic carbocycles. The molecule has 1 aromatic rings. The minimum absolute atomic E-state index is 0.194. The standard InChI is InChI=1S/C13H23N3O/c1-9(2)8-10-15-12(17-16-10)11-13(3,4)6-5-7-14-11/h9,11,14H,5-8H2,1-4H3. The molecule has 1 saturated heterocycles. The van der Waals surface area contributed by atoms with Crippen LogP contribution in [0, 0.1) is 11.3 Å². The molecule has 96 valence electrons. The molecule has 2 heterocycles. The van der Waals surface area contributed by atoms with Crippen LogP contribution in [0.4, 0.5) is 0 Å². The minimum Gasteiger partial charge on any atom is -0.338 e. The van der Waals surface area contributed by atoms with Crippen LogP contribution in [0.25, 0.3) is 0 Å². The molecule has 1 atom stereocenters. The Hall–Kier alpha value is -0.900. The Morgan fingerprint density at radius 1 is 1.47 bits per heavy atom. The van der Waals surface area contributed by atoms with Crippen LogP contribution in [-0.4, -0.2) is 16.7 Å². The highest BCUT2D eigenvalue weighted by Crippen LogP contribution is 2.39. The summed E-state index contributed by atoms with van der Waals surface area (Å²) in [4.78, 5) is 4.53. The summed E-state index contributed by atoms with van der Waals surface area (Å²) in [6.07, 6.45) is 3.31. The predicted octanol–water partition coefficient (Wildman–Crippen LogP) is 2.72. The van der Waals surface area contributed by atoms with Gasteiger partial charge < -0.3 is 9.84 Å². The molecule has 1 N–H and O–H groups in total. The van der Waals surface area contributed by atoms with Gasteiger partial charge in [0.05, 0.1) is 6.04 Å². The van der Waals surface area contributed by atoms with Crippen LogP contribution in [0.2, 0.25) is 0 Å². The maximum atomic E-state index is 5.42. The third-order valence-electron chi connectivity index (χ3n) is 3.45. The fourth-order valence-corrected chi connectivity index (χ4v) is 2.47. The van der Waals surface area contributed by atoms with Crippen molar-refractivity contribution in [3.63, 3.8) is 0 Å². The molecule has 0 spiro atoms. The summed E-state index contributed by atoms with van der Waals surface area (Å²) in [5.41, 5.74) is 0.194. The fourth-order valence-electron chi connectivity index (χ4n) is 2.47. The summed E-state index contributed by atoms with van der Waals surface area (Å²) >= 11 is 0. The van der Waals surface area contributed by atoms with E-state index in [1.54, 1.807) is 0 Å². The van der Waals surface area contributed by atoms with Crippen LogP contribution in [0.1, 0.15) is 58.3 Å². The molecule has 4 heteroatoms. The van der Waals surface area contributed by atoms with Crippen LogP contribution in [0.3, 0.4) is 0 Å². The summed E-state index contributed by atoms with van der Waals surface area (Å²) in [6.45, 7) is 9.89. The summed E-state index contributed by atoms with van der Waals surface area (Å²) in [5.74, 6) is 2.15. The molecule has 0 radical (unpaired) electrons. The third kappa shape index (κ3) is 2.86. The number of rotatable bonds is 3. The highest BCUT2D eigenvalue weighted by molar-refractivity contribution is 5.01. The Balaban J connectivity index is 2.13. The molecule has 0 bridgehead atoms. The second kappa shape index (κ2) is 4.77. The van der Waals surface area contributed by atoms with E-state index in [2.05, 4.69) is 43.2 Å². The molecule has 1 fully saturated rings. The molecule has 1 aliphatic rings. The van der Waals surface area contributed by atoms with Gasteiger partial charge in [-0.1, -0.05) is 32.9 Å². The van der Waals surface area contributed by atoms with Crippen LogP contribution >= 0.6 is 0 Å². The average Bonchev–Trinajstić information content (AvgIpc) is 2.64. The summed E-state index contributed by atoms with van der Waals surface area (Å²) in [5, 5.41) is 7.57. The molecule has 17 heavy (non-hydrogen) atoms. The van der Waals surface area contributed by atoms with E-state index in [4.69, 9.17) is 4.52 Å². The van der Waals surface area contributed by atoms with Gasteiger partial charge in [-0.3, -0.25) is 0 Å². The lowest BCUT2D eigenvalue weighted by molar-refractivity contribution is 0.146. The van der Waals surface area contributed by atoms with Crippen LogP contribution in [0.15, 0.2) is 4.52 Å². The van der Waals surface area contributed by atoms with Gasteiger partial charge in [0.15, 0.2) is 5.82 Å². The molecular formula is C13H23N3O. The van der Waals surface area contributed by atoms with E-state index in [-0.39, 0.29) is 11.5 Å². The first kappa shape index (κ1) is 12.6. The lowest BCUT2D eigenvalue weighted by Crippen LogP contribution is -2.39. The number of nitrogens with one attached hydrogen (secondary N) is 1. The van der Waals surface area contributed by atoms with Gasteiger partial charge in [0.1, 0.15) is 0 Å². The number of piperidine rings is 1. The second-order valence-corrected chi connectivity index (χ2v) is 6.13. The molecule has 1 aliphatic heterocycles. The Kier molecular flexibility index (Phi) is 3.52. The Labute approximate surface area is 103 Å². The number of hydrogen-bond donors (Lipinski definition) is 1. The van der Waals surface area contributed by atoms with E-state index in [1.807, 2.05) is 0 Å². The van der Waals surface area contributed by atoms with Crippen molar-refractivity contribution in [1.29, 1.82) is 0 Å². The first-order valence-corrected chi connectivity index (χ1v) is 6.55. The quantitative estimate of drug-likeness (QED) is 0.878. The largest absolute Gasteiger partial charge is 0.338 e. The Morgan fingerprint density at radius 3 is 2.88 bits per heavy atom. The van der Waals surface area contributed by atoms with Crippen molar-refractivity contribution in [3.05, 3.63) is 11.7 Å². The lowest BCUT2D eigenvalue weighted by Gasteiger charge is -2.36. The zero-order valence-corrected chi connectivity index (χ0v) is 11.3. The van der Waals surface area contributed by atoms with E-state index in [9.17, 15) is 0 Å². The van der Waals surface area contributed by atoms with Gasteiger partial charge in [0.2, 0.25) is 5.89 Å². The SMILES string of the molecule is CC(C)Cc1noc(C2NCCCC2(C)C)n1. The van der Waals surface area contributed by atoms with E-state index < -0.39 is 0 Å². The first-order chi connectivity index (χ1) is 7.99. The van der Waals surface area contributed by atoms with Crippen molar-refractivity contribution in [2.75, 3.05) is 6.54 Å². The van der Waals surface area contributed by atoms with E-state index in [0.29, 0.717) is 5.92 Å². The minimum atomic E-state index is 0.194. The maximum absolute atomic E-state index is 5.42. The third-order valence-corrected chi connectivity index (χ3v) is 3.45. The van der Waals surface area contributed by atoms with E-state index in [1.165, 1.54) is 12.8 Å². The van der Waals surface area contributed by atoms with Gasteiger partial charge >= 0.3 is 0 Å². The number of hydrogen-bond acceptors (Lipinski definition) is 4. The van der Waals surface area contributed by atoms with Crippen molar-refractivity contribution in [2.24, 2.45) is 11.3 Å². The van der Waals surface area contributed by atoms with Gasteiger partial charge in [-0.25, -0.2) is 0 Å². The van der Waals surface area contributed by atoms with Crippen molar-refractivity contribution < 1.29 is 4.52 Å². The number of nitrogens with zero attached hydrogens (tertiary/aromatic N) is 2. The Bertz CT molecular complexity index is 370. The smallest absolute Gasteiger partial charge is 0.244 e. The predicted molar refractivity (Wildman–Crippen MR) is 66.6 cm³/mol. The topological polar surface area (TPSA) is 51.0 Å². The molecular weight excluding hydrogens is 214 g/mol. The Morgan fingerprint density at radius 2 is 2.24 bits per heavy atom. The zero-order valence-electron chi connectivity index (χ0n) is 11.3. The number of aromatic nitrogens is 2. The summed E-state index contributed by atoms with van der Waals surface area (Å²) in [6, 6.07) is 0.199. The van der Waals surface area contributed by atoms with Gasteiger partial charge in [0, 0.05) is 6.42 Å². The van der Waals surface area contributed by atoms with Crippen molar-refractivity contribution in [1.82, 2.24) is 15.5 Å². The van der Waals surface area contributed by atoms with Crippen molar-refractivity contribution >= 4 is 0 Å². The molecule has 1 aromatic heterocycles. The van der Waals surface area contributed by atoms with Crippen LogP contribution < -0.4 is 5.32 Å². The van der Waals surface area contributed by atoms with Gasteiger partial charge in [-0.2, -0.15) is 4.98 Å². The molecule has 0 aromatic carbocycles. The highest BCUT2D eigenvalue weighted by Gasteiger charge is 2.36. The molecule has 0 saturated carbocycles. The van der Waals surface area contributed by atoms with Gasteiger partial charge in [0.25, 0.3) is 0 Å². The van der Waals surface area contributed by atoms with Crippen LogP contribution in [0.5, 0.6) is 0 Å². The average molecular weight is 237 g/mol. The molecule has 0 amide bonds. The molecule has 4 nitrogen and oxygen atoms in total. The zero-order chi connectivity index (χ0) is 12.5. The fraction of sp³-hybridized carbons (Fsp3) is 0.846. The monoisotopic (exact) mass is 237 g/mol. The summed E-state index contributed by atoms with van der Waals surface area (Å²) in [7, 11) is 0. The van der Waals surface area contributed by atoms with E-state index in [0.717, 1.165) is 24.7 Å². The maximum Gasteiger partial charge on any atom is 0.244 e. The summed E-state index contributed by atoms with van der Waals surface area (Å²) < 4.78 is 5.42.